The number of guanidine groups is 1. The third-order valence-corrected chi connectivity index (χ3v) is 5.51. The summed E-state index contributed by atoms with van der Waals surface area (Å²) in [4.78, 5) is 9.77. The maximum absolute atomic E-state index is 5.99. The fraction of sp³-hybridized carbons (Fsp3) is 0.708. The summed E-state index contributed by atoms with van der Waals surface area (Å²) in [6.45, 7) is 13.9. The number of nitrogens with one attached hydrogen (secondary N) is 2. The van der Waals surface area contributed by atoms with Crippen molar-refractivity contribution in [2.75, 3.05) is 73.2 Å². The topological polar surface area (TPSA) is 61.4 Å². The number of likely N-dealkylation sites (N-methyl/N-ethyl adjacent to an activating group) is 1. The number of piperazine rings is 1. The van der Waals surface area contributed by atoms with Crippen LogP contribution in [-0.4, -0.2) is 88.9 Å². The third kappa shape index (κ3) is 11.7. The molecule has 8 heteroatoms. The molecule has 184 valence electrons. The van der Waals surface area contributed by atoms with Gasteiger partial charge in [-0.1, -0.05) is 12.1 Å². The molecular formula is C24H44IN5O2. The highest BCUT2D eigenvalue weighted by atomic mass is 127. The number of ether oxygens (including phenoxy) is 2. The lowest BCUT2D eigenvalue weighted by molar-refractivity contribution is 0.152. The summed E-state index contributed by atoms with van der Waals surface area (Å²) in [5.74, 6) is 1.79. The number of halogens is 1. The number of hydrogen-bond donors (Lipinski definition) is 2. The van der Waals surface area contributed by atoms with Crippen LogP contribution in [0.3, 0.4) is 0 Å². The lowest BCUT2D eigenvalue weighted by atomic mass is 10.1. The smallest absolute Gasteiger partial charge is 0.191 e. The Morgan fingerprint density at radius 1 is 1.06 bits per heavy atom. The molecule has 1 aliphatic heterocycles. The first-order valence-electron chi connectivity index (χ1n) is 11.8. The Morgan fingerprint density at radius 2 is 1.84 bits per heavy atom. The van der Waals surface area contributed by atoms with E-state index in [1.807, 2.05) is 0 Å². The Labute approximate surface area is 212 Å². The summed E-state index contributed by atoms with van der Waals surface area (Å²) < 4.78 is 11.1. The van der Waals surface area contributed by atoms with Gasteiger partial charge in [0.05, 0.1) is 13.2 Å². The van der Waals surface area contributed by atoms with Crippen molar-refractivity contribution in [1.29, 1.82) is 0 Å². The number of benzene rings is 1. The van der Waals surface area contributed by atoms with Crippen LogP contribution in [0.4, 0.5) is 0 Å². The highest BCUT2D eigenvalue weighted by Crippen LogP contribution is 2.21. The molecule has 1 aromatic carbocycles. The van der Waals surface area contributed by atoms with Gasteiger partial charge in [0.25, 0.3) is 0 Å². The highest BCUT2D eigenvalue weighted by molar-refractivity contribution is 14.0. The lowest BCUT2D eigenvalue weighted by Crippen LogP contribution is -2.44. The molecule has 0 bridgehead atoms. The monoisotopic (exact) mass is 561 g/mol. The van der Waals surface area contributed by atoms with Gasteiger partial charge >= 0.3 is 0 Å². The zero-order chi connectivity index (χ0) is 22.3. The SMILES string of the molecule is CCNC(=NCc1ccc(C)cc1OCCCOC)NCCCCN1CCN(C)CC1.I. The summed E-state index contributed by atoms with van der Waals surface area (Å²) in [5.41, 5.74) is 2.30. The molecule has 0 aliphatic carbocycles. The molecule has 2 N–H and O–H groups in total. The standard InChI is InChI=1S/C24H43N5O2.HI/c1-5-25-24(26-11-6-7-12-29-15-13-28(3)14-16-29)27-20-22-10-9-21(2)19-23(22)31-18-8-17-30-4;/h9-10,19H,5-8,11-18,20H2,1-4H3,(H2,25,26,27);1H. The largest absolute Gasteiger partial charge is 0.493 e. The molecule has 0 unspecified atom stereocenters. The Balaban J connectivity index is 0.00000512. The third-order valence-electron chi connectivity index (χ3n) is 5.51. The molecule has 1 saturated heterocycles. The quantitative estimate of drug-likeness (QED) is 0.167. The molecule has 1 aromatic rings. The second-order valence-corrected chi connectivity index (χ2v) is 8.28. The second-order valence-electron chi connectivity index (χ2n) is 8.28. The van der Waals surface area contributed by atoms with Gasteiger partial charge in [-0.15, -0.1) is 24.0 Å². The number of unbranched alkanes of at least 4 members (excludes halogenated alkanes) is 1. The zero-order valence-corrected chi connectivity index (χ0v) is 22.8. The summed E-state index contributed by atoms with van der Waals surface area (Å²) in [6, 6.07) is 6.33. The van der Waals surface area contributed by atoms with E-state index in [0.717, 1.165) is 43.2 Å². The fourth-order valence-corrected chi connectivity index (χ4v) is 3.56. The number of methoxy groups -OCH3 is 1. The van der Waals surface area contributed by atoms with Gasteiger partial charge in [-0.25, -0.2) is 4.99 Å². The number of hydrogen-bond acceptors (Lipinski definition) is 5. The Bertz CT molecular complexity index is 651. The van der Waals surface area contributed by atoms with E-state index in [4.69, 9.17) is 14.5 Å². The first-order valence-corrected chi connectivity index (χ1v) is 11.8. The molecule has 0 spiro atoms. The Hall–Kier alpha value is -1.10. The van der Waals surface area contributed by atoms with Crippen molar-refractivity contribution in [1.82, 2.24) is 20.4 Å². The molecule has 1 aliphatic rings. The van der Waals surface area contributed by atoms with Crippen LogP contribution in [0.25, 0.3) is 0 Å². The summed E-state index contributed by atoms with van der Waals surface area (Å²) in [6.07, 6.45) is 3.24. The summed E-state index contributed by atoms with van der Waals surface area (Å²) in [7, 11) is 3.92. The van der Waals surface area contributed by atoms with Crippen LogP contribution in [0.2, 0.25) is 0 Å². The molecule has 0 amide bonds. The number of aryl methyl sites for hydroxylation is 1. The van der Waals surface area contributed by atoms with Gasteiger partial charge in [0.15, 0.2) is 5.96 Å². The normalized spacial score (nSPS) is 15.3. The predicted octanol–water partition coefficient (Wildman–Crippen LogP) is 3.11. The van der Waals surface area contributed by atoms with Crippen LogP contribution in [0.5, 0.6) is 5.75 Å². The maximum Gasteiger partial charge on any atom is 0.191 e. The summed E-state index contributed by atoms with van der Waals surface area (Å²) in [5, 5.41) is 6.84. The van der Waals surface area contributed by atoms with Gasteiger partial charge in [0.1, 0.15) is 5.75 Å². The number of rotatable bonds is 13. The molecule has 0 aromatic heterocycles. The Kier molecular flexibility index (Phi) is 15.7. The van der Waals surface area contributed by atoms with Crippen molar-refractivity contribution in [2.24, 2.45) is 4.99 Å². The molecule has 0 saturated carbocycles. The van der Waals surface area contributed by atoms with E-state index >= 15 is 0 Å². The van der Waals surface area contributed by atoms with Crippen molar-refractivity contribution in [3.63, 3.8) is 0 Å². The van der Waals surface area contributed by atoms with E-state index in [1.165, 1.54) is 44.7 Å². The van der Waals surface area contributed by atoms with Gasteiger partial charge in [-0.05, 0) is 51.9 Å². The van der Waals surface area contributed by atoms with E-state index in [1.54, 1.807) is 7.11 Å². The molecule has 0 atom stereocenters. The fourth-order valence-electron chi connectivity index (χ4n) is 3.56. The van der Waals surface area contributed by atoms with Gasteiger partial charge in [-0.3, -0.25) is 0 Å². The summed E-state index contributed by atoms with van der Waals surface area (Å²) >= 11 is 0. The van der Waals surface area contributed by atoms with E-state index in [0.29, 0.717) is 19.8 Å². The van der Waals surface area contributed by atoms with Gasteiger partial charge in [0, 0.05) is 65.0 Å². The Morgan fingerprint density at radius 3 is 2.56 bits per heavy atom. The average molecular weight is 562 g/mol. The molecule has 1 heterocycles. The van der Waals surface area contributed by atoms with E-state index < -0.39 is 0 Å². The van der Waals surface area contributed by atoms with Crippen LogP contribution in [0, 0.1) is 6.92 Å². The molecule has 1 fully saturated rings. The molecular weight excluding hydrogens is 517 g/mol. The molecule has 32 heavy (non-hydrogen) atoms. The zero-order valence-electron chi connectivity index (χ0n) is 20.5. The van der Waals surface area contributed by atoms with Crippen molar-refractivity contribution in [3.05, 3.63) is 29.3 Å². The number of nitrogens with zero attached hydrogens (tertiary/aromatic N) is 3. The van der Waals surface area contributed by atoms with Crippen LogP contribution in [0.15, 0.2) is 23.2 Å². The van der Waals surface area contributed by atoms with Gasteiger partial charge in [-0.2, -0.15) is 0 Å². The van der Waals surface area contributed by atoms with Crippen molar-refractivity contribution >= 4 is 29.9 Å². The number of aliphatic imine (C=N–C) groups is 1. The van der Waals surface area contributed by atoms with Gasteiger partial charge in [0.2, 0.25) is 0 Å². The second kappa shape index (κ2) is 17.4. The lowest BCUT2D eigenvalue weighted by Gasteiger charge is -2.32. The van der Waals surface area contributed by atoms with Crippen LogP contribution in [-0.2, 0) is 11.3 Å². The average Bonchev–Trinajstić information content (AvgIpc) is 2.77. The van der Waals surface area contributed by atoms with E-state index in [9.17, 15) is 0 Å². The minimum atomic E-state index is 0. The maximum atomic E-state index is 5.99. The van der Waals surface area contributed by atoms with Gasteiger partial charge < -0.3 is 29.9 Å². The van der Waals surface area contributed by atoms with Crippen molar-refractivity contribution in [3.8, 4) is 5.75 Å². The van der Waals surface area contributed by atoms with Crippen molar-refractivity contribution < 1.29 is 9.47 Å². The molecule has 7 nitrogen and oxygen atoms in total. The van der Waals surface area contributed by atoms with E-state index in [-0.39, 0.29) is 24.0 Å². The highest BCUT2D eigenvalue weighted by Gasteiger charge is 2.12. The minimum absolute atomic E-state index is 0. The van der Waals surface area contributed by atoms with E-state index in [2.05, 4.69) is 59.5 Å². The van der Waals surface area contributed by atoms with Crippen LogP contribution < -0.4 is 15.4 Å². The van der Waals surface area contributed by atoms with Crippen LogP contribution in [0.1, 0.15) is 37.3 Å². The first-order chi connectivity index (χ1) is 15.1. The molecule has 2 rings (SSSR count). The molecule has 0 radical (unpaired) electrons. The first kappa shape index (κ1) is 28.9. The minimum Gasteiger partial charge on any atom is -0.493 e. The van der Waals surface area contributed by atoms with Crippen molar-refractivity contribution in [2.45, 2.75) is 39.7 Å². The predicted molar refractivity (Wildman–Crippen MR) is 145 cm³/mol. The van der Waals surface area contributed by atoms with Crippen LogP contribution >= 0.6 is 24.0 Å².